The molecule has 0 spiro atoms. The molecule has 1 N–H and O–H groups in total. The lowest BCUT2D eigenvalue weighted by molar-refractivity contribution is -0.495. The van der Waals surface area contributed by atoms with Crippen LogP contribution in [0.15, 0.2) is 4.99 Å². The van der Waals surface area contributed by atoms with Gasteiger partial charge in [-0.2, -0.15) is 0 Å². The van der Waals surface area contributed by atoms with Crippen molar-refractivity contribution in [1.82, 2.24) is 0 Å². The summed E-state index contributed by atoms with van der Waals surface area (Å²) in [6.07, 6.45) is 2.48. The Balaban J connectivity index is 3.37. The van der Waals surface area contributed by atoms with Gasteiger partial charge in [-0.15, -0.1) is 0 Å². The molecule has 0 heterocycles. The normalized spacial score (nSPS) is 34.5. The van der Waals surface area contributed by atoms with Crippen LogP contribution in [-0.2, 0) is 4.74 Å². The zero-order valence-corrected chi connectivity index (χ0v) is 12.6. The first-order chi connectivity index (χ1) is 8.38. The lowest BCUT2D eigenvalue weighted by Crippen LogP contribution is -2.40. The van der Waals surface area contributed by atoms with Gasteiger partial charge in [0.1, 0.15) is 7.05 Å². The molecule has 1 fully saturated rings. The molecule has 0 aliphatic heterocycles. The van der Waals surface area contributed by atoms with Gasteiger partial charge in [0.15, 0.2) is 5.54 Å². The molecule has 0 aromatic heterocycles. The van der Waals surface area contributed by atoms with Gasteiger partial charge >= 0.3 is 0 Å². The maximum Gasteiger partial charge on any atom is 0.288 e. The predicted octanol–water partition coefficient (Wildman–Crippen LogP) is 2.05. The molecule has 1 aliphatic rings. The molecule has 0 aromatic rings. The van der Waals surface area contributed by atoms with Crippen LogP contribution in [0.3, 0.4) is 0 Å². The minimum absolute atomic E-state index is 0.281. The number of hydrogen-bond acceptors (Lipinski definition) is 3. The van der Waals surface area contributed by atoms with E-state index in [0.29, 0.717) is 0 Å². The van der Waals surface area contributed by atoms with Crippen molar-refractivity contribution in [1.29, 1.82) is 0 Å². The van der Waals surface area contributed by atoms with Gasteiger partial charge in [0.2, 0.25) is 5.79 Å². The number of ether oxygens (including phenoxy) is 1. The van der Waals surface area contributed by atoms with Crippen LogP contribution in [-0.4, -0.2) is 47.7 Å². The van der Waals surface area contributed by atoms with Crippen molar-refractivity contribution in [2.45, 2.75) is 58.3 Å². The third-order valence-electron chi connectivity index (χ3n) is 5.13. The molecule has 2 unspecified atom stereocenters. The monoisotopic (exact) mass is 255 g/mol. The minimum Gasteiger partial charge on any atom is -0.361 e. The van der Waals surface area contributed by atoms with Crippen molar-refractivity contribution in [2.75, 3.05) is 14.2 Å². The highest BCUT2D eigenvalue weighted by Gasteiger charge is 2.90. The van der Waals surface area contributed by atoms with E-state index in [1.165, 1.54) is 0 Å². The number of amidine groups is 1. The fourth-order valence-electron chi connectivity index (χ4n) is 3.98. The summed E-state index contributed by atoms with van der Waals surface area (Å²) in [6.45, 7) is 12.3. The molecule has 0 aromatic carbocycles. The number of methoxy groups -OCH3 is 1. The van der Waals surface area contributed by atoms with E-state index in [-0.39, 0.29) is 5.41 Å². The smallest absolute Gasteiger partial charge is 0.288 e. The van der Waals surface area contributed by atoms with Crippen LogP contribution in [0.4, 0.5) is 0 Å². The van der Waals surface area contributed by atoms with Crippen LogP contribution in [0.5, 0.6) is 0 Å². The molecule has 1 saturated carbocycles. The van der Waals surface area contributed by atoms with Gasteiger partial charge in [0.05, 0.1) is 12.1 Å². The van der Waals surface area contributed by atoms with E-state index in [0.717, 1.165) is 25.1 Å². The quantitative estimate of drug-likeness (QED) is 0.354. The SMILES string of the molecule is C=[N+](/C(C)=N\C)C1(CC)C(CC)(CC)C1(O)OC. The van der Waals surface area contributed by atoms with Crippen LogP contribution in [0.25, 0.3) is 0 Å². The third-order valence-corrected chi connectivity index (χ3v) is 5.13. The van der Waals surface area contributed by atoms with Crippen LogP contribution in [0, 0.1) is 5.41 Å². The zero-order chi connectivity index (χ0) is 14.2. The molecule has 18 heavy (non-hydrogen) atoms. The van der Waals surface area contributed by atoms with Crippen LogP contribution in [0.2, 0.25) is 0 Å². The van der Waals surface area contributed by atoms with Gasteiger partial charge in [-0.25, -0.2) is 4.58 Å². The number of nitrogens with zero attached hydrogens (tertiary/aromatic N) is 2. The summed E-state index contributed by atoms with van der Waals surface area (Å²) < 4.78 is 7.34. The van der Waals surface area contributed by atoms with Gasteiger partial charge in [-0.1, -0.05) is 25.8 Å². The van der Waals surface area contributed by atoms with Gasteiger partial charge in [-0.05, 0) is 19.3 Å². The molecule has 104 valence electrons. The van der Waals surface area contributed by atoms with Crippen molar-refractivity contribution >= 4 is 12.6 Å². The van der Waals surface area contributed by atoms with Crippen molar-refractivity contribution in [3.8, 4) is 0 Å². The standard InChI is InChI=1S/C14H27N2O2/c1-8-12(9-2)13(10-3,14(12,17)18-7)16(6)11(4)15-5/h17H,6,8-10H2,1-5,7H3/q+1/b15-11-. The van der Waals surface area contributed by atoms with Crippen molar-refractivity contribution < 1.29 is 14.4 Å². The summed E-state index contributed by atoms with van der Waals surface area (Å²) in [4.78, 5) is 4.19. The first kappa shape index (κ1) is 15.3. The summed E-state index contributed by atoms with van der Waals surface area (Å²) in [5.74, 6) is -0.331. The average Bonchev–Trinajstić information content (AvgIpc) is 2.91. The maximum absolute atomic E-state index is 10.9. The topological polar surface area (TPSA) is 44.8 Å². The fourth-order valence-corrected chi connectivity index (χ4v) is 3.98. The number of rotatable bonds is 5. The van der Waals surface area contributed by atoms with Gasteiger partial charge in [-0.3, -0.25) is 0 Å². The fraction of sp³-hybridized carbons (Fsp3) is 0.857. The maximum atomic E-state index is 10.9. The summed E-state index contributed by atoms with van der Waals surface area (Å²) in [7, 11) is 3.31. The van der Waals surface area contributed by atoms with Crippen molar-refractivity contribution in [3.63, 3.8) is 0 Å². The van der Waals surface area contributed by atoms with E-state index in [9.17, 15) is 5.11 Å². The molecule has 1 rings (SSSR count). The zero-order valence-electron chi connectivity index (χ0n) is 12.6. The highest BCUT2D eigenvalue weighted by molar-refractivity contribution is 5.73. The first-order valence-corrected chi connectivity index (χ1v) is 6.70. The molecule has 4 heteroatoms. The van der Waals surface area contributed by atoms with E-state index in [2.05, 4.69) is 32.5 Å². The first-order valence-electron chi connectivity index (χ1n) is 6.70. The molecular formula is C14H27N2O2+. The van der Waals surface area contributed by atoms with E-state index < -0.39 is 11.3 Å². The molecule has 0 radical (unpaired) electrons. The van der Waals surface area contributed by atoms with Gasteiger partial charge in [0, 0.05) is 14.0 Å². The third kappa shape index (κ3) is 1.33. The van der Waals surface area contributed by atoms with Crippen LogP contribution in [0.1, 0.15) is 47.0 Å². The highest BCUT2D eigenvalue weighted by Crippen LogP contribution is 2.72. The Hall–Kier alpha value is -0.740. The summed E-state index contributed by atoms with van der Waals surface area (Å²) in [5, 5.41) is 10.9. The van der Waals surface area contributed by atoms with Gasteiger partial charge in [0.25, 0.3) is 5.84 Å². The summed E-state index contributed by atoms with van der Waals surface area (Å²) in [6, 6.07) is 0. The van der Waals surface area contributed by atoms with Gasteiger partial charge < -0.3 is 9.84 Å². The Morgan fingerprint density at radius 3 is 2.00 bits per heavy atom. The van der Waals surface area contributed by atoms with E-state index in [1.807, 2.05) is 11.5 Å². The molecule has 0 saturated heterocycles. The Morgan fingerprint density at radius 2 is 1.78 bits per heavy atom. The average molecular weight is 255 g/mol. The van der Waals surface area contributed by atoms with Crippen LogP contribution >= 0.6 is 0 Å². The largest absolute Gasteiger partial charge is 0.361 e. The van der Waals surface area contributed by atoms with E-state index in [4.69, 9.17) is 4.74 Å². The Labute approximate surface area is 110 Å². The summed E-state index contributed by atoms with van der Waals surface area (Å²) in [5.41, 5.74) is -0.765. The minimum atomic E-state index is -1.15. The van der Waals surface area contributed by atoms with Crippen molar-refractivity contribution in [2.24, 2.45) is 10.4 Å². The second-order valence-corrected chi connectivity index (χ2v) is 5.05. The Bertz CT molecular complexity index is 374. The van der Waals surface area contributed by atoms with Crippen LogP contribution < -0.4 is 0 Å². The number of hydrogen-bond donors (Lipinski definition) is 1. The predicted molar refractivity (Wildman–Crippen MR) is 74.4 cm³/mol. The molecule has 0 bridgehead atoms. The number of aliphatic imine (C=N–C) groups is 1. The summed E-state index contributed by atoms with van der Waals surface area (Å²) >= 11 is 0. The molecule has 4 nitrogen and oxygen atoms in total. The Morgan fingerprint density at radius 1 is 1.28 bits per heavy atom. The second kappa shape index (κ2) is 4.74. The van der Waals surface area contributed by atoms with E-state index in [1.54, 1.807) is 14.2 Å². The molecular weight excluding hydrogens is 228 g/mol. The second-order valence-electron chi connectivity index (χ2n) is 5.05. The lowest BCUT2D eigenvalue weighted by Gasteiger charge is -2.20. The molecule has 2 atom stereocenters. The van der Waals surface area contributed by atoms with Crippen molar-refractivity contribution in [3.05, 3.63) is 0 Å². The van der Waals surface area contributed by atoms with E-state index >= 15 is 0 Å². The molecule has 1 aliphatic carbocycles. The lowest BCUT2D eigenvalue weighted by atomic mass is 9.91. The Kier molecular flexibility index (Phi) is 4.03. The highest BCUT2D eigenvalue weighted by atomic mass is 16.6. The number of aliphatic hydroxyl groups is 1. The molecule has 0 amide bonds.